The summed E-state index contributed by atoms with van der Waals surface area (Å²) in [5, 5.41) is 5.79. The molecule has 0 bridgehead atoms. The number of ether oxygens (including phenoxy) is 2. The molecule has 0 aliphatic carbocycles. The molecule has 0 amide bonds. The minimum Gasteiger partial charge on any atom is -0.399 e. The van der Waals surface area contributed by atoms with E-state index in [9.17, 15) is 0 Å². The topological polar surface area (TPSA) is 75.8 Å². The van der Waals surface area contributed by atoms with E-state index in [1.54, 1.807) is 0 Å². The Balaban J connectivity index is 1.49. The summed E-state index contributed by atoms with van der Waals surface area (Å²) in [6.45, 7) is 20.9. The van der Waals surface area contributed by atoms with Crippen molar-refractivity contribution in [2.45, 2.75) is 84.3 Å². The SMILES string of the molecule is CC1COCCN1c1cc(B2OC(C)(C)C(C)(C)O2)c2ccn(-c3ccn(COCC[Si](C)(C)C)n3)c2n1. The lowest BCUT2D eigenvalue weighted by molar-refractivity contribution is 0.00578. The van der Waals surface area contributed by atoms with Gasteiger partial charge in [0.15, 0.2) is 5.82 Å². The minimum absolute atomic E-state index is 0.218. The standard InChI is InChI=1S/C27H42BN5O4Si/c1-20-18-34-14-13-32(20)24-17-22(28-36-26(2,3)27(4,5)37-28)21-9-12-33(25(21)29-24)23-10-11-31(30-23)19-35-15-16-38(6,7)8/h9-12,17,20H,13-16,18-19H2,1-8H3. The van der Waals surface area contributed by atoms with Crippen molar-refractivity contribution in [3.8, 4) is 5.82 Å². The third-order valence-corrected chi connectivity index (χ3v) is 9.64. The van der Waals surface area contributed by atoms with E-state index in [1.165, 1.54) is 0 Å². The fourth-order valence-corrected chi connectivity index (χ4v) is 5.53. The Morgan fingerprint density at radius 1 is 1.08 bits per heavy atom. The van der Waals surface area contributed by atoms with E-state index in [0.717, 1.165) is 47.3 Å². The molecule has 38 heavy (non-hydrogen) atoms. The molecule has 3 aromatic rings. The summed E-state index contributed by atoms with van der Waals surface area (Å²) in [4.78, 5) is 7.45. The molecule has 5 heterocycles. The third-order valence-electron chi connectivity index (χ3n) is 7.94. The molecule has 3 aromatic heterocycles. The van der Waals surface area contributed by atoms with Gasteiger partial charge in [-0.1, -0.05) is 19.6 Å². The van der Waals surface area contributed by atoms with E-state index in [4.69, 9.17) is 28.9 Å². The molecule has 1 atom stereocenters. The Kier molecular flexibility index (Phi) is 7.28. The monoisotopic (exact) mass is 539 g/mol. The van der Waals surface area contributed by atoms with Crippen LogP contribution < -0.4 is 10.4 Å². The summed E-state index contributed by atoms with van der Waals surface area (Å²) in [7, 11) is -1.62. The molecule has 2 fully saturated rings. The molecular weight excluding hydrogens is 497 g/mol. The number of hydrogen-bond donors (Lipinski definition) is 0. The molecule has 0 spiro atoms. The predicted octanol–water partition coefficient (Wildman–Crippen LogP) is 4.06. The zero-order chi connectivity index (χ0) is 27.3. The zero-order valence-corrected chi connectivity index (χ0v) is 25.2. The Morgan fingerprint density at radius 2 is 1.82 bits per heavy atom. The first-order chi connectivity index (χ1) is 17.8. The molecule has 2 aliphatic rings. The normalized spacial score (nSPS) is 21.5. The van der Waals surface area contributed by atoms with E-state index in [2.05, 4.69) is 71.3 Å². The second-order valence-corrected chi connectivity index (χ2v) is 18.4. The number of pyridine rings is 1. The van der Waals surface area contributed by atoms with Crippen LogP contribution in [0.5, 0.6) is 0 Å². The first kappa shape index (κ1) is 27.4. The molecule has 0 N–H and O–H groups in total. The molecule has 0 saturated carbocycles. The quantitative estimate of drug-likeness (QED) is 0.316. The maximum Gasteiger partial charge on any atom is 0.495 e. The fraction of sp³-hybridized carbons (Fsp3) is 0.630. The van der Waals surface area contributed by atoms with Gasteiger partial charge in [-0.3, -0.25) is 4.57 Å². The van der Waals surface area contributed by atoms with Gasteiger partial charge in [0.05, 0.1) is 30.5 Å². The highest BCUT2D eigenvalue weighted by molar-refractivity contribution is 6.76. The van der Waals surface area contributed by atoms with Crippen LogP contribution in [0.2, 0.25) is 25.7 Å². The molecule has 0 radical (unpaired) electrons. The first-order valence-electron chi connectivity index (χ1n) is 13.7. The molecule has 0 aromatic carbocycles. The van der Waals surface area contributed by atoms with Gasteiger partial charge in [-0.05, 0) is 58.3 Å². The van der Waals surface area contributed by atoms with Gasteiger partial charge in [-0.2, -0.15) is 5.10 Å². The molecule has 2 saturated heterocycles. The Hall–Kier alpha value is -2.18. The number of aromatic nitrogens is 4. The van der Waals surface area contributed by atoms with E-state index in [-0.39, 0.29) is 6.04 Å². The van der Waals surface area contributed by atoms with Crippen molar-refractivity contribution >= 4 is 37.5 Å². The second kappa shape index (κ2) is 10.1. The van der Waals surface area contributed by atoms with Crippen LogP contribution in [0.3, 0.4) is 0 Å². The van der Waals surface area contributed by atoms with Gasteiger partial charge in [0.2, 0.25) is 0 Å². The van der Waals surface area contributed by atoms with Crippen LogP contribution in [0.1, 0.15) is 34.6 Å². The maximum absolute atomic E-state index is 6.49. The van der Waals surface area contributed by atoms with Crippen LogP contribution in [-0.2, 0) is 25.5 Å². The first-order valence-corrected chi connectivity index (χ1v) is 17.4. The van der Waals surface area contributed by atoms with E-state index >= 15 is 0 Å². The molecule has 206 valence electrons. The molecular formula is C27H42BN5O4Si. The second-order valence-electron chi connectivity index (χ2n) is 12.8. The van der Waals surface area contributed by atoms with Crippen molar-refractivity contribution in [3.05, 3.63) is 30.6 Å². The zero-order valence-electron chi connectivity index (χ0n) is 24.2. The Morgan fingerprint density at radius 3 is 2.50 bits per heavy atom. The molecule has 11 heteroatoms. The summed E-state index contributed by atoms with van der Waals surface area (Å²) >= 11 is 0. The number of morpholine rings is 1. The fourth-order valence-electron chi connectivity index (χ4n) is 4.77. The molecule has 5 rings (SSSR count). The highest BCUT2D eigenvalue weighted by atomic mass is 28.3. The van der Waals surface area contributed by atoms with Gasteiger partial charge < -0.3 is 23.7 Å². The third kappa shape index (κ3) is 5.44. The highest BCUT2D eigenvalue weighted by Crippen LogP contribution is 2.37. The van der Waals surface area contributed by atoms with Crippen molar-refractivity contribution < 1.29 is 18.8 Å². The minimum atomic E-state index is -1.12. The van der Waals surface area contributed by atoms with Crippen LogP contribution in [0.15, 0.2) is 30.6 Å². The highest BCUT2D eigenvalue weighted by Gasteiger charge is 2.52. The smallest absolute Gasteiger partial charge is 0.399 e. The van der Waals surface area contributed by atoms with Crippen molar-refractivity contribution in [2.24, 2.45) is 0 Å². The van der Waals surface area contributed by atoms with Crippen molar-refractivity contribution in [1.82, 2.24) is 19.3 Å². The summed E-state index contributed by atoms with van der Waals surface area (Å²) in [5.41, 5.74) is 0.943. The predicted molar refractivity (Wildman–Crippen MR) is 154 cm³/mol. The van der Waals surface area contributed by atoms with Crippen LogP contribution in [-0.4, -0.2) is 78.1 Å². The van der Waals surface area contributed by atoms with E-state index in [1.807, 2.05) is 27.7 Å². The summed E-state index contributed by atoms with van der Waals surface area (Å²) in [5.74, 6) is 1.69. The number of anilines is 1. The van der Waals surface area contributed by atoms with Crippen molar-refractivity contribution in [1.29, 1.82) is 0 Å². The van der Waals surface area contributed by atoms with Crippen LogP contribution in [0.25, 0.3) is 16.9 Å². The van der Waals surface area contributed by atoms with Gasteiger partial charge in [-0.25, -0.2) is 9.67 Å². The van der Waals surface area contributed by atoms with Crippen molar-refractivity contribution in [2.75, 3.05) is 31.3 Å². The average Bonchev–Trinajstić information content (AvgIpc) is 3.51. The van der Waals surface area contributed by atoms with Gasteiger partial charge in [0, 0.05) is 45.1 Å². The number of rotatable bonds is 8. The van der Waals surface area contributed by atoms with E-state index in [0.29, 0.717) is 19.9 Å². The van der Waals surface area contributed by atoms with E-state index < -0.39 is 26.4 Å². The molecule has 1 unspecified atom stereocenters. The van der Waals surface area contributed by atoms with Crippen molar-refractivity contribution in [3.63, 3.8) is 0 Å². The van der Waals surface area contributed by atoms with Gasteiger partial charge in [0.1, 0.15) is 18.2 Å². The van der Waals surface area contributed by atoms with Gasteiger partial charge in [-0.15, -0.1) is 0 Å². The summed E-state index contributed by atoms with van der Waals surface area (Å²) in [6.07, 6.45) is 3.98. The lowest BCUT2D eigenvalue weighted by Crippen LogP contribution is -2.45. The average molecular weight is 540 g/mol. The largest absolute Gasteiger partial charge is 0.495 e. The lowest BCUT2D eigenvalue weighted by atomic mass is 9.77. The summed E-state index contributed by atoms with van der Waals surface area (Å²) < 4.78 is 28.5. The number of hydrogen-bond acceptors (Lipinski definition) is 7. The van der Waals surface area contributed by atoms with Gasteiger partial charge >= 0.3 is 7.12 Å². The van der Waals surface area contributed by atoms with Crippen LogP contribution in [0.4, 0.5) is 5.82 Å². The van der Waals surface area contributed by atoms with Gasteiger partial charge in [0.25, 0.3) is 0 Å². The lowest BCUT2D eigenvalue weighted by Gasteiger charge is -2.34. The van der Waals surface area contributed by atoms with Crippen LogP contribution >= 0.6 is 0 Å². The van der Waals surface area contributed by atoms with Crippen LogP contribution in [0, 0.1) is 0 Å². The maximum atomic E-state index is 6.49. The summed E-state index contributed by atoms with van der Waals surface area (Å²) in [6, 6.07) is 7.57. The Bertz CT molecular complexity index is 1270. The number of nitrogens with zero attached hydrogens (tertiary/aromatic N) is 5. The number of fused-ring (bicyclic) bond motifs is 1. The Labute approximate surface area is 227 Å². The molecule has 9 nitrogen and oxygen atoms in total. The molecule has 2 aliphatic heterocycles.